The summed E-state index contributed by atoms with van der Waals surface area (Å²) in [6, 6.07) is 8.14. The molecule has 1 saturated heterocycles. The number of pyridine rings is 2. The zero-order chi connectivity index (χ0) is 17.4. The standard InChI is InChI=1S/C18H20N4O3.2ClH/c23-16-5-4-11(9-20-16)18(25)21-10-15-13-6-12(7-19-8-13)14-2-1-3-17(24)22(14)15;;/h1-5,9,12-13,15,19H,6-8,10H2,(H,20,23)(H,21,25);2*1H/t12-,13+,15+;;/m1../s1. The fourth-order valence-electron chi connectivity index (χ4n) is 4.02. The monoisotopic (exact) mass is 412 g/mol. The minimum atomic E-state index is -0.257. The number of H-pyrrole nitrogens is 1. The third kappa shape index (κ3) is 4.10. The van der Waals surface area contributed by atoms with Gasteiger partial charge in [0.25, 0.3) is 11.5 Å². The number of hydrogen-bond donors (Lipinski definition) is 3. The third-order valence-electron chi connectivity index (χ3n) is 5.22. The molecular weight excluding hydrogens is 391 g/mol. The van der Waals surface area contributed by atoms with Crippen molar-refractivity contribution in [2.75, 3.05) is 19.6 Å². The fraction of sp³-hybridized carbons (Fsp3) is 0.389. The highest BCUT2D eigenvalue weighted by atomic mass is 35.5. The van der Waals surface area contributed by atoms with Crippen molar-refractivity contribution in [1.29, 1.82) is 0 Å². The van der Waals surface area contributed by atoms with Crippen LogP contribution in [-0.4, -0.2) is 35.1 Å². The summed E-state index contributed by atoms with van der Waals surface area (Å²) in [6.07, 6.45) is 2.42. The first-order valence-electron chi connectivity index (χ1n) is 8.52. The lowest BCUT2D eigenvalue weighted by Crippen LogP contribution is -2.50. The van der Waals surface area contributed by atoms with Gasteiger partial charge in [-0.25, -0.2) is 0 Å². The Morgan fingerprint density at radius 2 is 1.96 bits per heavy atom. The zero-order valence-corrected chi connectivity index (χ0v) is 16.1. The molecule has 1 amide bonds. The van der Waals surface area contributed by atoms with Crippen LogP contribution in [0.2, 0.25) is 0 Å². The molecule has 4 heterocycles. The van der Waals surface area contributed by atoms with Gasteiger partial charge >= 0.3 is 0 Å². The van der Waals surface area contributed by atoms with Crippen LogP contribution in [0.4, 0.5) is 0 Å². The largest absolute Gasteiger partial charge is 0.350 e. The average Bonchev–Trinajstić information content (AvgIpc) is 2.63. The van der Waals surface area contributed by atoms with Crippen molar-refractivity contribution in [3.05, 3.63) is 68.5 Å². The van der Waals surface area contributed by atoms with Crippen molar-refractivity contribution < 1.29 is 4.79 Å². The molecule has 146 valence electrons. The number of rotatable bonds is 3. The number of aromatic nitrogens is 2. The molecule has 0 aliphatic carbocycles. The fourth-order valence-corrected chi connectivity index (χ4v) is 4.02. The van der Waals surface area contributed by atoms with Gasteiger partial charge in [0, 0.05) is 49.6 Å². The molecule has 2 bridgehead atoms. The molecular formula is C18H22Cl2N4O3. The highest BCUT2D eigenvalue weighted by molar-refractivity contribution is 5.93. The normalized spacial score (nSPS) is 22.6. The molecule has 9 heteroatoms. The minimum absolute atomic E-state index is 0. The summed E-state index contributed by atoms with van der Waals surface area (Å²) in [5.41, 5.74) is 1.18. The van der Waals surface area contributed by atoms with Crippen LogP contribution in [0.1, 0.15) is 34.4 Å². The number of piperidine rings is 1. The topological polar surface area (TPSA) is 96.0 Å². The molecule has 2 aliphatic rings. The summed E-state index contributed by atoms with van der Waals surface area (Å²) in [5, 5.41) is 6.35. The lowest BCUT2D eigenvalue weighted by molar-refractivity contribution is 0.0932. The Balaban J connectivity index is 0.00000131. The number of halogens is 2. The van der Waals surface area contributed by atoms with E-state index in [9.17, 15) is 14.4 Å². The molecule has 7 nitrogen and oxygen atoms in total. The van der Waals surface area contributed by atoms with Crippen LogP contribution in [-0.2, 0) is 0 Å². The lowest BCUT2D eigenvalue weighted by Gasteiger charge is -2.43. The Hall–Kier alpha value is -2.09. The van der Waals surface area contributed by atoms with E-state index in [-0.39, 0.29) is 47.9 Å². The Morgan fingerprint density at radius 1 is 1.15 bits per heavy atom. The molecule has 0 saturated carbocycles. The zero-order valence-electron chi connectivity index (χ0n) is 14.5. The molecule has 2 aromatic rings. The first-order chi connectivity index (χ1) is 12.1. The van der Waals surface area contributed by atoms with Gasteiger partial charge in [-0.15, -0.1) is 24.8 Å². The molecule has 3 atom stereocenters. The quantitative estimate of drug-likeness (QED) is 0.701. The smallest absolute Gasteiger partial charge is 0.252 e. The van der Waals surface area contributed by atoms with Crippen LogP contribution in [0, 0.1) is 5.92 Å². The van der Waals surface area contributed by atoms with Gasteiger partial charge in [0.05, 0.1) is 11.6 Å². The number of fused-ring (bicyclic) bond motifs is 4. The summed E-state index contributed by atoms with van der Waals surface area (Å²) in [7, 11) is 0. The molecule has 0 unspecified atom stereocenters. The van der Waals surface area contributed by atoms with Gasteiger partial charge in [-0.2, -0.15) is 0 Å². The average molecular weight is 413 g/mol. The Labute approximate surface area is 168 Å². The molecule has 0 spiro atoms. The van der Waals surface area contributed by atoms with Crippen molar-refractivity contribution in [2.24, 2.45) is 5.92 Å². The van der Waals surface area contributed by atoms with Crippen LogP contribution < -0.4 is 21.8 Å². The maximum absolute atomic E-state index is 12.4. The van der Waals surface area contributed by atoms with Gasteiger partial charge < -0.3 is 20.2 Å². The number of carbonyl (C=O) groups is 1. The predicted molar refractivity (Wildman–Crippen MR) is 107 cm³/mol. The van der Waals surface area contributed by atoms with Crippen molar-refractivity contribution in [1.82, 2.24) is 20.2 Å². The number of nitrogens with one attached hydrogen (secondary N) is 3. The molecule has 1 fully saturated rings. The van der Waals surface area contributed by atoms with Crippen molar-refractivity contribution in [2.45, 2.75) is 18.4 Å². The number of aromatic amines is 1. The van der Waals surface area contributed by atoms with E-state index in [4.69, 9.17) is 0 Å². The molecule has 0 aromatic carbocycles. The second kappa shape index (κ2) is 8.73. The Kier molecular flexibility index (Phi) is 6.86. The van der Waals surface area contributed by atoms with Crippen molar-refractivity contribution >= 4 is 30.7 Å². The SMILES string of the molecule is Cl.Cl.O=C(NC[C@H]1[C@@H]2CNC[C@@H](C2)c2cccc(=O)n21)c1ccc(=O)[nH]c1. The highest BCUT2D eigenvalue weighted by Crippen LogP contribution is 2.38. The second-order valence-corrected chi connectivity index (χ2v) is 6.73. The Morgan fingerprint density at radius 3 is 2.70 bits per heavy atom. The van der Waals surface area contributed by atoms with E-state index in [0.29, 0.717) is 23.9 Å². The second-order valence-electron chi connectivity index (χ2n) is 6.73. The molecule has 2 aromatic heterocycles. The molecule has 27 heavy (non-hydrogen) atoms. The van der Waals surface area contributed by atoms with Crippen LogP contribution in [0.5, 0.6) is 0 Å². The first kappa shape index (κ1) is 21.2. The van der Waals surface area contributed by atoms with Gasteiger partial charge in [0.2, 0.25) is 5.56 Å². The Bertz CT molecular complexity index is 907. The maximum Gasteiger partial charge on any atom is 0.252 e. The van der Waals surface area contributed by atoms with E-state index in [1.165, 1.54) is 18.3 Å². The highest BCUT2D eigenvalue weighted by Gasteiger charge is 2.37. The van der Waals surface area contributed by atoms with Crippen LogP contribution in [0.25, 0.3) is 0 Å². The summed E-state index contributed by atoms with van der Waals surface area (Å²) in [5.74, 6) is 0.397. The summed E-state index contributed by atoms with van der Waals surface area (Å²) in [6.45, 7) is 2.11. The van der Waals surface area contributed by atoms with Crippen molar-refractivity contribution in [3.8, 4) is 0 Å². The third-order valence-corrected chi connectivity index (χ3v) is 5.22. The van der Waals surface area contributed by atoms with E-state index in [1.807, 2.05) is 10.6 Å². The molecule has 0 radical (unpaired) electrons. The van der Waals surface area contributed by atoms with Crippen molar-refractivity contribution in [3.63, 3.8) is 0 Å². The lowest BCUT2D eigenvalue weighted by atomic mass is 9.79. The van der Waals surface area contributed by atoms with Gasteiger partial charge in [-0.1, -0.05) is 6.07 Å². The summed E-state index contributed by atoms with van der Waals surface area (Å²) in [4.78, 5) is 38.4. The molecule has 2 aliphatic heterocycles. The van der Waals surface area contributed by atoms with E-state index >= 15 is 0 Å². The minimum Gasteiger partial charge on any atom is -0.350 e. The van der Waals surface area contributed by atoms with Crippen LogP contribution in [0.3, 0.4) is 0 Å². The summed E-state index contributed by atoms with van der Waals surface area (Å²) >= 11 is 0. The number of amides is 1. The van der Waals surface area contributed by atoms with Gasteiger partial charge in [0.1, 0.15) is 0 Å². The molecule has 4 rings (SSSR count). The van der Waals surface area contributed by atoms with Gasteiger partial charge in [0.15, 0.2) is 0 Å². The maximum atomic E-state index is 12.4. The first-order valence-corrected chi connectivity index (χ1v) is 8.52. The van der Waals surface area contributed by atoms with Crippen LogP contribution >= 0.6 is 24.8 Å². The molecule has 3 N–H and O–H groups in total. The van der Waals surface area contributed by atoms with Gasteiger partial charge in [-0.3, -0.25) is 14.4 Å². The van der Waals surface area contributed by atoms with E-state index in [1.54, 1.807) is 12.1 Å². The van der Waals surface area contributed by atoms with E-state index in [2.05, 4.69) is 15.6 Å². The van der Waals surface area contributed by atoms with Gasteiger partial charge in [-0.05, 0) is 24.5 Å². The van der Waals surface area contributed by atoms with E-state index in [0.717, 1.165) is 25.2 Å². The number of hydrogen-bond acceptors (Lipinski definition) is 4. The number of carbonyl (C=O) groups excluding carboxylic acids is 1. The summed E-state index contributed by atoms with van der Waals surface area (Å²) < 4.78 is 1.85. The van der Waals surface area contributed by atoms with Crippen LogP contribution in [0.15, 0.2) is 46.1 Å². The predicted octanol–water partition coefficient (Wildman–Crippen LogP) is 1.06. The van der Waals surface area contributed by atoms with E-state index < -0.39 is 0 Å². The number of nitrogens with zero attached hydrogens (tertiary/aromatic N) is 1.